The first-order valence-corrected chi connectivity index (χ1v) is 13.1. The Balaban J connectivity index is 1.42. The summed E-state index contributed by atoms with van der Waals surface area (Å²) in [5.74, 6) is 0.248. The molecule has 1 heterocycles. The van der Waals surface area contributed by atoms with E-state index in [4.69, 9.17) is 0 Å². The summed E-state index contributed by atoms with van der Waals surface area (Å²) in [6, 6.07) is 13.6. The van der Waals surface area contributed by atoms with Crippen LogP contribution >= 0.6 is 0 Å². The minimum absolute atomic E-state index is 0.0341. The van der Waals surface area contributed by atoms with Crippen LogP contribution in [-0.4, -0.2) is 43.2 Å². The molecule has 0 atom stereocenters. The number of amides is 1. The molecular formula is C25H29F3N2O3S. The van der Waals surface area contributed by atoms with Gasteiger partial charge in [-0.1, -0.05) is 42.8 Å². The molecule has 0 unspecified atom stereocenters. The Kier molecular flexibility index (Phi) is 7.33. The predicted molar refractivity (Wildman–Crippen MR) is 122 cm³/mol. The number of carbonyl (C=O) groups excluding carboxylic acids is 1. The summed E-state index contributed by atoms with van der Waals surface area (Å²) in [6.07, 6.45) is -0.490. The van der Waals surface area contributed by atoms with Crippen molar-refractivity contribution in [2.45, 2.75) is 49.7 Å². The smallest absolute Gasteiger partial charge is 0.338 e. The van der Waals surface area contributed by atoms with E-state index in [9.17, 15) is 26.4 Å². The molecular weight excluding hydrogens is 465 g/mol. The lowest BCUT2D eigenvalue weighted by molar-refractivity contribution is -0.139. The molecule has 1 amide bonds. The normalized spacial score (nSPS) is 18.4. The molecule has 184 valence electrons. The molecule has 1 saturated carbocycles. The van der Waals surface area contributed by atoms with Crippen LogP contribution in [0.15, 0.2) is 59.5 Å². The van der Waals surface area contributed by atoms with Crippen molar-refractivity contribution in [2.24, 2.45) is 11.8 Å². The number of halogens is 3. The van der Waals surface area contributed by atoms with Gasteiger partial charge in [-0.2, -0.15) is 17.5 Å². The number of sulfonamides is 1. The van der Waals surface area contributed by atoms with Crippen LogP contribution in [0.25, 0.3) is 0 Å². The third kappa shape index (κ3) is 5.63. The minimum Gasteiger partial charge on any atom is -0.338 e. The van der Waals surface area contributed by atoms with E-state index in [0.29, 0.717) is 37.9 Å². The zero-order chi connectivity index (χ0) is 24.3. The molecule has 34 heavy (non-hydrogen) atoms. The molecule has 2 aromatic carbocycles. The van der Waals surface area contributed by atoms with Gasteiger partial charge >= 0.3 is 6.18 Å². The molecule has 2 aliphatic rings. The van der Waals surface area contributed by atoms with E-state index in [2.05, 4.69) is 0 Å². The fourth-order valence-corrected chi connectivity index (χ4v) is 6.12. The topological polar surface area (TPSA) is 57.7 Å². The van der Waals surface area contributed by atoms with Gasteiger partial charge in [0, 0.05) is 32.1 Å². The highest BCUT2D eigenvalue weighted by Gasteiger charge is 2.36. The van der Waals surface area contributed by atoms with Gasteiger partial charge in [-0.25, -0.2) is 8.42 Å². The molecule has 1 aliphatic carbocycles. The molecule has 1 saturated heterocycles. The van der Waals surface area contributed by atoms with Crippen LogP contribution < -0.4 is 0 Å². The van der Waals surface area contributed by atoms with Gasteiger partial charge in [-0.05, 0) is 55.4 Å². The van der Waals surface area contributed by atoms with Crippen molar-refractivity contribution in [3.8, 4) is 0 Å². The van der Waals surface area contributed by atoms with Crippen molar-refractivity contribution in [2.75, 3.05) is 19.6 Å². The maximum absolute atomic E-state index is 13.4. The first kappa shape index (κ1) is 24.7. The Labute approximate surface area is 198 Å². The monoisotopic (exact) mass is 494 g/mol. The largest absolute Gasteiger partial charge is 0.416 e. The molecule has 2 aromatic rings. The Morgan fingerprint density at radius 2 is 1.65 bits per heavy atom. The van der Waals surface area contributed by atoms with Crippen molar-refractivity contribution >= 4 is 15.9 Å². The van der Waals surface area contributed by atoms with E-state index in [-0.39, 0.29) is 29.8 Å². The van der Waals surface area contributed by atoms with E-state index in [1.54, 1.807) is 0 Å². The van der Waals surface area contributed by atoms with E-state index < -0.39 is 21.8 Å². The molecule has 0 spiro atoms. The summed E-state index contributed by atoms with van der Waals surface area (Å²) >= 11 is 0. The van der Waals surface area contributed by atoms with Gasteiger partial charge in [0.15, 0.2) is 0 Å². The average molecular weight is 495 g/mol. The van der Waals surface area contributed by atoms with Crippen LogP contribution in [0.1, 0.15) is 43.2 Å². The standard InChI is InChI=1S/C25H29F3N2O3S/c26-25(27,28)22-10-5-11-23(16-22)34(32,33)30-14-12-21(13-15-30)24(31)29(18-20-8-4-9-20)17-19-6-2-1-3-7-19/h1-3,5-7,10-11,16,20-21H,4,8-9,12-15,17-18H2. The third-order valence-corrected chi connectivity index (χ3v) is 8.73. The van der Waals surface area contributed by atoms with Crippen LogP contribution in [0.3, 0.4) is 0 Å². The fraction of sp³-hybridized carbons (Fsp3) is 0.480. The summed E-state index contributed by atoms with van der Waals surface area (Å²) in [6.45, 7) is 1.45. The Morgan fingerprint density at radius 3 is 2.24 bits per heavy atom. The number of rotatable bonds is 7. The van der Waals surface area contributed by atoms with Crippen LogP contribution in [0, 0.1) is 11.8 Å². The number of hydrogen-bond donors (Lipinski definition) is 0. The number of alkyl halides is 3. The minimum atomic E-state index is -4.62. The lowest BCUT2D eigenvalue weighted by Gasteiger charge is -2.37. The van der Waals surface area contributed by atoms with Gasteiger partial charge in [-0.15, -0.1) is 0 Å². The quantitative estimate of drug-likeness (QED) is 0.548. The summed E-state index contributed by atoms with van der Waals surface area (Å²) in [4.78, 5) is 14.9. The molecule has 5 nitrogen and oxygen atoms in total. The molecule has 9 heteroatoms. The van der Waals surface area contributed by atoms with Crippen molar-refractivity contribution < 1.29 is 26.4 Å². The maximum atomic E-state index is 13.4. The van der Waals surface area contributed by atoms with Crippen LogP contribution in [0.5, 0.6) is 0 Å². The highest BCUT2D eigenvalue weighted by molar-refractivity contribution is 7.89. The van der Waals surface area contributed by atoms with E-state index >= 15 is 0 Å². The molecule has 2 fully saturated rings. The van der Waals surface area contributed by atoms with E-state index in [0.717, 1.165) is 30.5 Å². The summed E-state index contributed by atoms with van der Waals surface area (Å²) in [5.41, 5.74) is 0.0610. The zero-order valence-corrected chi connectivity index (χ0v) is 19.7. The number of hydrogen-bond acceptors (Lipinski definition) is 3. The number of carbonyl (C=O) groups is 1. The molecule has 0 radical (unpaired) electrons. The van der Waals surface area contributed by atoms with Crippen LogP contribution in [0.4, 0.5) is 13.2 Å². The van der Waals surface area contributed by atoms with Gasteiger partial charge in [0.25, 0.3) is 0 Å². The van der Waals surface area contributed by atoms with Gasteiger partial charge in [0.1, 0.15) is 0 Å². The number of benzene rings is 2. The highest BCUT2D eigenvalue weighted by Crippen LogP contribution is 2.33. The second-order valence-corrected chi connectivity index (χ2v) is 11.1. The lowest BCUT2D eigenvalue weighted by atomic mass is 9.84. The molecule has 4 rings (SSSR count). The Morgan fingerprint density at radius 1 is 0.971 bits per heavy atom. The number of nitrogens with zero attached hydrogens (tertiary/aromatic N) is 2. The summed E-state index contributed by atoms with van der Waals surface area (Å²) in [7, 11) is -4.07. The van der Waals surface area contributed by atoms with Crippen molar-refractivity contribution in [3.05, 3.63) is 65.7 Å². The molecule has 1 aliphatic heterocycles. The van der Waals surface area contributed by atoms with Gasteiger partial charge < -0.3 is 4.90 Å². The second kappa shape index (κ2) is 10.1. The SMILES string of the molecule is O=C(C1CCN(S(=O)(=O)c2cccc(C(F)(F)F)c2)CC1)N(Cc1ccccc1)CC1CCC1. The Bertz CT molecular complexity index is 1090. The van der Waals surface area contributed by atoms with E-state index in [1.165, 1.54) is 16.8 Å². The highest BCUT2D eigenvalue weighted by atomic mass is 32.2. The van der Waals surface area contributed by atoms with Gasteiger partial charge in [0.05, 0.1) is 10.5 Å². The van der Waals surface area contributed by atoms with Crippen molar-refractivity contribution in [1.29, 1.82) is 0 Å². The maximum Gasteiger partial charge on any atom is 0.416 e. The second-order valence-electron chi connectivity index (χ2n) is 9.21. The molecule has 0 aromatic heterocycles. The average Bonchev–Trinajstić information content (AvgIpc) is 2.80. The first-order valence-electron chi connectivity index (χ1n) is 11.6. The first-order chi connectivity index (χ1) is 16.1. The molecule has 0 bridgehead atoms. The zero-order valence-electron chi connectivity index (χ0n) is 18.9. The predicted octanol–water partition coefficient (Wildman–Crippen LogP) is 4.94. The Hall–Kier alpha value is -2.39. The van der Waals surface area contributed by atoms with Crippen molar-refractivity contribution in [1.82, 2.24) is 9.21 Å². The molecule has 0 N–H and O–H groups in total. The number of piperidine rings is 1. The van der Waals surface area contributed by atoms with Crippen LogP contribution in [-0.2, 0) is 27.5 Å². The lowest BCUT2D eigenvalue weighted by Crippen LogP contribution is -2.45. The summed E-state index contributed by atoms with van der Waals surface area (Å²) in [5, 5.41) is 0. The van der Waals surface area contributed by atoms with Gasteiger partial charge in [0.2, 0.25) is 15.9 Å². The third-order valence-electron chi connectivity index (χ3n) is 6.83. The summed E-state index contributed by atoms with van der Waals surface area (Å²) < 4.78 is 66.3. The van der Waals surface area contributed by atoms with Crippen molar-refractivity contribution in [3.63, 3.8) is 0 Å². The van der Waals surface area contributed by atoms with E-state index in [1.807, 2.05) is 35.2 Å². The fourth-order valence-electron chi connectivity index (χ4n) is 4.61. The van der Waals surface area contributed by atoms with Crippen LogP contribution in [0.2, 0.25) is 0 Å². The van der Waals surface area contributed by atoms with Gasteiger partial charge in [-0.3, -0.25) is 4.79 Å².